The van der Waals surface area contributed by atoms with Crippen LogP contribution < -0.4 is 10.6 Å². The van der Waals surface area contributed by atoms with Gasteiger partial charge in [0.25, 0.3) is 0 Å². The van der Waals surface area contributed by atoms with Crippen LogP contribution in [0.5, 0.6) is 5.75 Å². The molecule has 2 aromatic carbocycles. The van der Waals surface area contributed by atoms with Crippen molar-refractivity contribution < 1.29 is 4.74 Å². The smallest absolute Gasteiger partial charge is 0.210 e. The van der Waals surface area contributed by atoms with Crippen molar-refractivity contribution in [3.63, 3.8) is 0 Å². The topological polar surface area (TPSA) is 110 Å². The van der Waals surface area contributed by atoms with Crippen LogP contribution >= 0.6 is 11.8 Å². The van der Waals surface area contributed by atoms with E-state index in [0.29, 0.717) is 22.6 Å². The van der Waals surface area contributed by atoms with Gasteiger partial charge in [0.05, 0.1) is 11.4 Å². The van der Waals surface area contributed by atoms with E-state index in [9.17, 15) is 0 Å². The molecule has 0 saturated heterocycles. The molecule has 0 unspecified atom stereocenters. The Kier molecular flexibility index (Phi) is 5.90. The first kappa shape index (κ1) is 20.9. The van der Waals surface area contributed by atoms with Crippen LogP contribution in [-0.4, -0.2) is 35.1 Å². The molecule has 0 bridgehead atoms. The van der Waals surface area contributed by atoms with Gasteiger partial charge in [0.1, 0.15) is 12.4 Å². The number of nitrogens with two attached hydrogens (primary N) is 1. The third-order valence-corrected chi connectivity index (χ3v) is 5.63. The highest BCUT2D eigenvalue weighted by Crippen LogP contribution is 2.25. The summed E-state index contributed by atoms with van der Waals surface area (Å²) in [5.41, 5.74) is 2.24. The van der Waals surface area contributed by atoms with Crippen LogP contribution in [0.15, 0.2) is 59.8 Å². The minimum Gasteiger partial charge on any atom is -0.486 e. The Bertz CT molecular complexity index is 1130. The molecular weight excluding hydrogens is 412 g/mol. The number of thioether (sulfide) groups is 1. The molecule has 0 amide bonds. The summed E-state index contributed by atoms with van der Waals surface area (Å²) in [7, 11) is 0. The largest absolute Gasteiger partial charge is 0.486 e. The van der Waals surface area contributed by atoms with Gasteiger partial charge in [0.15, 0.2) is 11.6 Å². The summed E-state index contributed by atoms with van der Waals surface area (Å²) in [6, 6.07) is 17.8. The number of rotatable bonds is 7. The van der Waals surface area contributed by atoms with Crippen molar-refractivity contribution in [2.24, 2.45) is 0 Å². The molecule has 0 fully saturated rings. The molecule has 2 N–H and O–H groups in total. The number of hydrogen-bond acceptors (Lipinski definition) is 8. The van der Waals surface area contributed by atoms with Gasteiger partial charge in [0, 0.05) is 0 Å². The van der Waals surface area contributed by atoms with E-state index < -0.39 is 0 Å². The SMILES string of the molecule is CC(C)(C)c1ccc(OCc2nnc(SCc3nnnn3-c3ccccc3)n2N)cc1. The van der Waals surface area contributed by atoms with E-state index in [2.05, 4.69) is 58.6 Å². The van der Waals surface area contributed by atoms with Crippen LogP contribution in [0.2, 0.25) is 0 Å². The van der Waals surface area contributed by atoms with E-state index in [1.807, 2.05) is 42.5 Å². The summed E-state index contributed by atoms with van der Waals surface area (Å²) in [5, 5.41) is 20.8. The number of benzene rings is 2. The zero-order chi connectivity index (χ0) is 21.8. The van der Waals surface area contributed by atoms with Crippen molar-refractivity contribution in [3.8, 4) is 11.4 Å². The maximum atomic E-state index is 6.17. The molecule has 0 aliphatic rings. The summed E-state index contributed by atoms with van der Waals surface area (Å²) >= 11 is 1.41. The summed E-state index contributed by atoms with van der Waals surface area (Å²) in [6.45, 7) is 6.76. The lowest BCUT2D eigenvalue weighted by Gasteiger charge is -2.19. The van der Waals surface area contributed by atoms with Gasteiger partial charge in [0.2, 0.25) is 5.16 Å². The van der Waals surface area contributed by atoms with Gasteiger partial charge >= 0.3 is 0 Å². The van der Waals surface area contributed by atoms with E-state index in [1.165, 1.54) is 22.0 Å². The zero-order valence-electron chi connectivity index (χ0n) is 17.6. The fourth-order valence-electron chi connectivity index (χ4n) is 2.90. The predicted molar refractivity (Wildman–Crippen MR) is 118 cm³/mol. The van der Waals surface area contributed by atoms with Crippen molar-refractivity contribution in [1.29, 1.82) is 0 Å². The lowest BCUT2D eigenvalue weighted by Crippen LogP contribution is -2.16. The quantitative estimate of drug-likeness (QED) is 0.348. The molecule has 4 aromatic rings. The van der Waals surface area contributed by atoms with Gasteiger partial charge in [-0.2, -0.15) is 4.68 Å². The average Bonchev–Trinajstić information content (AvgIpc) is 3.37. The van der Waals surface area contributed by atoms with Crippen molar-refractivity contribution in [3.05, 3.63) is 71.8 Å². The van der Waals surface area contributed by atoms with Crippen LogP contribution in [0.25, 0.3) is 5.69 Å². The molecule has 2 heterocycles. The number of ether oxygens (including phenoxy) is 1. The summed E-state index contributed by atoms with van der Waals surface area (Å²) in [5.74, 6) is 8.64. The average molecular weight is 437 g/mol. The molecule has 0 atom stereocenters. The number of tetrazole rings is 1. The maximum Gasteiger partial charge on any atom is 0.210 e. The van der Waals surface area contributed by atoms with Crippen molar-refractivity contribution >= 4 is 11.8 Å². The normalized spacial score (nSPS) is 11.6. The fourth-order valence-corrected chi connectivity index (χ4v) is 3.68. The van der Waals surface area contributed by atoms with Crippen LogP contribution in [0.3, 0.4) is 0 Å². The molecular formula is C21H24N8OS. The third-order valence-electron chi connectivity index (χ3n) is 4.69. The molecule has 0 aliphatic heterocycles. The molecule has 0 radical (unpaired) electrons. The molecule has 31 heavy (non-hydrogen) atoms. The molecule has 0 saturated carbocycles. The molecule has 0 spiro atoms. The number of nitrogen functional groups attached to an aromatic ring is 1. The highest BCUT2D eigenvalue weighted by atomic mass is 32.2. The predicted octanol–water partition coefficient (Wildman–Crippen LogP) is 3.14. The Morgan fingerprint density at radius 1 is 0.935 bits per heavy atom. The molecule has 9 nitrogen and oxygen atoms in total. The van der Waals surface area contributed by atoms with E-state index in [1.54, 1.807) is 4.68 Å². The number of aromatic nitrogens is 7. The second-order valence-electron chi connectivity index (χ2n) is 7.96. The number of nitrogens with zero attached hydrogens (tertiary/aromatic N) is 7. The minimum atomic E-state index is 0.0996. The van der Waals surface area contributed by atoms with E-state index in [-0.39, 0.29) is 12.0 Å². The second kappa shape index (κ2) is 8.76. The number of hydrogen-bond donors (Lipinski definition) is 1. The molecule has 160 valence electrons. The van der Waals surface area contributed by atoms with Crippen LogP contribution in [0, 0.1) is 0 Å². The Morgan fingerprint density at radius 2 is 1.68 bits per heavy atom. The first-order chi connectivity index (χ1) is 14.9. The zero-order valence-corrected chi connectivity index (χ0v) is 18.5. The molecule has 0 aliphatic carbocycles. The van der Waals surface area contributed by atoms with Crippen molar-refractivity contribution in [2.45, 2.75) is 43.7 Å². The van der Waals surface area contributed by atoms with Gasteiger partial charge in [-0.15, -0.1) is 15.3 Å². The minimum absolute atomic E-state index is 0.0996. The Balaban J connectivity index is 1.38. The first-order valence-electron chi connectivity index (χ1n) is 9.80. The van der Waals surface area contributed by atoms with Crippen LogP contribution in [-0.2, 0) is 17.8 Å². The van der Waals surface area contributed by atoms with Gasteiger partial charge in [-0.1, -0.05) is 62.9 Å². The lowest BCUT2D eigenvalue weighted by molar-refractivity contribution is 0.291. The summed E-state index contributed by atoms with van der Waals surface area (Å²) in [6.07, 6.45) is 0. The van der Waals surface area contributed by atoms with Crippen molar-refractivity contribution in [2.75, 3.05) is 5.84 Å². The standard InChI is InChI=1S/C21H24N8OS/c1-21(2,3)15-9-11-17(12-10-15)30-13-18-23-25-20(28(18)22)31-14-19-24-26-27-29(19)16-7-5-4-6-8-16/h4-12H,13-14,22H2,1-3H3. The first-order valence-corrected chi connectivity index (χ1v) is 10.8. The highest BCUT2D eigenvalue weighted by molar-refractivity contribution is 7.98. The van der Waals surface area contributed by atoms with E-state index in [0.717, 1.165) is 11.4 Å². The molecule has 4 rings (SSSR count). The van der Waals surface area contributed by atoms with Crippen LogP contribution in [0.1, 0.15) is 38.0 Å². The lowest BCUT2D eigenvalue weighted by atomic mass is 9.87. The molecule has 2 aromatic heterocycles. The second-order valence-corrected chi connectivity index (χ2v) is 8.91. The van der Waals surface area contributed by atoms with E-state index in [4.69, 9.17) is 10.6 Å². The van der Waals surface area contributed by atoms with Gasteiger partial charge in [-0.25, -0.2) is 4.68 Å². The van der Waals surface area contributed by atoms with Gasteiger partial charge in [-0.3, -0.25) is 0 Å². The summed E-state index contributed by atoms with van der Waals surface area (Å²) in [4.78, 5) is 0. The number of para-hydroxylation sites is 1. The van der Waals surface area contributed by atoms with Gasteiger partial charge in [-0.05, 0) is 45.7 Å². The van der Waals surface area contributed by atoms with Gasteiger partial charge < -0.3 is 10.6 Å². The summed E-state index contributed by atoms with van der Waals surface area (Å²) < 4.78 is 8.96. The fraction of sp³-hybridized carbons (Fsp3) is 0.286. The maximum absolute atomic E-state index is 6.17. The Morgan fingerprint density at radius 3 is 2.39 bits per heavy atom. The third kappa shape index (κ3) is 4.85. The highest BCUT2D eigenvalue weighted by Gasteiger charge is 2.15. The van der Waals surface area contributed by atoms with Crippen LogP contribution in [0.4, 0.5) is 0 Å². The monoisotopic (exact) mass is 436 g/mol. The molecule has 10 heteroatoms. The Labute approximate surface area is 184 Å². The Hall–Kier alpha value is -3.40. The van der Waals surface area contributed by atoms with E-state index >= 15 is 0 Å². The van der Waals surface area contributed by atoms with Crippen molar-refractivity contribution in [1.82, 2.24) is 35.1 Å².